The van der Waals surface area contributed by atoms with Crippen LogP contribution in [0, 0.1) is 3.95 Å². The maximum atomic E-state index is 5.42. The third-order valence-electron chi connectivity index (χ3n) is 2.67. The highest BCUT2D eigenvalue weighted by Crippen LogP contribution is 2.26. The molecule has 0 saturated heterocycles. The van der Waals surface area contributed by atoms with E-state index in [1.807, 2.05) is 36.1 Å². The highest BCUT2D eigenvalue weighted by Gasteiger charge is 2.06. The van der Waals surface area contributed by atoms with Crippen LogP contribution in [-0.4, -0.2) is 14.1 Å². The topological polar surface area (TPSA) is 22.8 Å². The van der Waals surface area contributed by atoms with Crippen molar-refractivity contribution in [1.29, 1.82) is 0 Å². The number of hydrogen-bond donors (Lipinski definition) is 0. The average Bonchev–Trinajstić information content (AvgIpc) is 2.90. The molecule has 0 radical (unpaired) electrons. The van der Waals surface area contributed by atoms with Crippen LogP contribution in [0.4, 0.5) is 0 Å². The van der Waals surface area contributed by atoms with Crippen molar-refractivity contribution in [2.24, 2.45) is 7.05 Å². The molecule has 2 aromatic heterocycles. The maximum Gasteiger partial charge on any atom is 0.169 e. The van der Waals surface area contributed by atoms with Gasteiger partial charge in [0, 0.05) is 19.4 Å². The van der Waals surface area contributed by atoms with Gasteiger partial charge in [-0.05, 0) is 24.4 Å². The Bertz CT molecular complexity index is 738. The SMILES string of the molecule is Cn1ccnc1SCn1c(=S)sc2ccccc21. The van der Waals surface area contributed by atoms with Crippen LogP contribution in [0.15, 0.2) is 41.8 Å². The van der Waals surface area contributed by atoms with Crippen LogP contribution < -0.4 is 0 Å². The van der Waals surface area contributed by atoms with E-state index < -0.39 is 0 Å². The lowest BCUT2D eigenvalue weighted by atomic mass is 10.3. The molecule has 3 aromatic rings. The first-order valence-electron chi connectivity index (χ1n) is 5.44. The summed E-state index contributed by atoms with van der Waals surface area (Å²) in [7, 11) is 2.00. The van der Waals surface area contributed by atoms with Crippen LogP contribution >= 0.6 is 35.3 Å². The first-order chi connectivity index (χ1) is 8.75. The predicted molar refractivity (Wildman–Crippen MR) is 79.7 cm³/mol. The molecule has 92 valence electrons. The molecule has 0 aliphatic rings. The quantitative estimate of drug-likeness (QED) is 0.540. The van der Waals surface area contributed by atoms with Crippen molar-refractivity contribution in [1.82, 2.24) is 14.1 Å². The summed E-state index contributed by atoms with van der Waals surface area (Å²) in [6, 6.07) is 8.31. The number of fused-ring (bicyclic) bond motifs is 1. The van der Waals surface area contributed by atoms with Crippen molar-refractivity contribution in [3.05, 3.63) is 40.6 Å². The van der Waals surface area contributed by atoms with Gasteiger partial charge in [-0.25, -0.2) is 4.98 Å². The lowest BCUT2D eigenvalue weighted by molar-refractivity contribution is 0.784. The van der Waals surface area contributed by atoms with Gasteiger partial charge in [-0.15, -0.1) is 11.3 Å². The van der Waals surface area contributed by atoms with Crippen molar-refractivity contribution >= 4 is 45.5 Å². The maximum absolute atomic E-state index is 5.42. The molecule has 0 unspecified atom stereocenters. The second-order valence-corrected chi connectivity index (χ2v) is 6.45. The number of para-hydroxylation sites is 1. The van der Waals surface area contributed by atoms with Gasteiger partial charge in [-0.2, -0.15) is 0 Å². The Morgan fingerprint density at radius 2 is 2.22 bits per heavy atom. The fourth-order valence-electron chi connectivity index (χ4n) is 1.75. The van der Waals surface area contributed by atoms with Gasteiger partial charge in [-0.3, -0.25) is 0 Å². The first kappa shape index (κ1) is 12.0. The second-order valence-electron chi connectivity index (χ2n) is 3.86. The number of benzene rings is 1. The van der Waals surface area contributed by atoms with Gasteiger partial charge in [0.1, 0.15) is 0 Å². The molecule has 0 atom stereocenters. The molecule has 0 aliphatic carbocycles. The summed E-state index contributed by atoms with van der Waals surface area (Å²) in [5, 5.41) is 1.01. The molecule has 0 aliphatic heterocycles. The Morgan fingerprint density at radius 3 is 3.00 bits per heavy atom. The lowest BCUT2D eigenvalue weighted by Crippen LogP contribution is -1.96. The number of nitrogens with zero attached hydrogens (tertiary/aromatic N) is 3. The highest BCUT2D eigenvalue weighted by atomic mass is 32.2. The van der Waals surface area contributed by atoms with Crippen molar-refractivity contribution < 1.29 is 0 Å². The third kappa shape index (κ3) is 2.11. The minimum absolute atomic E-state index is 0.799. The minimum Gasteiger partial charge on any atom is -0.329 e. The number of imidazole rings is 1. The highest BCUT2D eigenvalue weighted by molar-refractivity contribution is 7.98. The lowest BCUT2D eigenvalue weighted by Gasteiger charge is -2.04. The van der Waals surface area contributed by atoms with E-state index in [1.165, 1.54) is 10.2 Å². The van der Waals surface area contributed by atoms with Gasteiger partial charge >= 0.3 is 0 Å². The van der Waals surface area contributed by atoms with Gasteiger partial charge in [-0.1, -0.05) is 23.9 Å². The molecule has 3 rings (SSSR count). The van der Waals surface area contributed by atoms with Gasteiger partial charge in [0.15, 0.2) is 9.11 Å². The van der Waals surface area contributed by atoms with E-state index in [9.17, 15) is 0 Å². The molecule has 2 heterocycles. The molecule has 0 fully saturated rings. The average molecular weight is 293 g/mol. The monoisotopic (exact) mass is 293 g/mol. The van der Waals surface area contributed by atoms with Crippen molar-refractivity contribution in [2.75, 3.05) is 0 Å². The summed E-state index contributed by atoms with van der Waals surface area (Å²) in [4.78, 5) is 4.31. The molecule has 0 spiro atoms. The molecule has 0 saturated carbocycles. The van der Waals surface area contributed by atoms with E-state index in [0.717, 1.165) is 15.0 Å². The fraction of sp³-hybridized carbons (Fsp3) is 0.167. The smallest absolute Gasteiger partial charge is 0.169 e. The second kappa shape index (κ2) is 4.87. The Hall–Kier alpha value is -1.11. The van der Waals surface area contributed by atoms with Crippen molar-refractivity contribution in [2.45, 2.75) is 11.0 Å². The zero-order valence-corrected chi connectivity index (χ0v) is 12.2. The fourth-order valence-corrected chi connectivity index (χ4v) is 4.15. The van der Waals surface area contributed by atoms with Crippen LogP contribution in [0.5, 0.6) is 0 Å². The predicted octanol–water partition coefficient (Wildman–Crippen LogP) is 3.92. The Balaban J connectivity index is 1.93. The summed E-state index contributed by atoms with van der Waals surface area (Å²) < 4.78 is 6.33. The van der Waals surface area contributed by atoms with E-state index in [1.54, 1.807) is 23.1 Å². The molecule has 3 nitrogen and oxygen atoms in total. The molecular weight excluding hydrogens is 282 g/mol. The van der Waals surface area contributed by atoms with Gasteiger partial charge in [0.2, 0.25) is 0 Å². The number of aryl methyl sites for hydroxylation is 1. The summed E-state index contributed by atoms with van der Waals surface area (Å²) in [5.41, 5.74) is 1.20. The van der Waals surface area contributed by atoms with E-state index in [4.69, 9.17) is 12.2 Å². The van der Waals surface area contributed by atoms with Crippen LogP contribution in [0.2, 0.25) is 0 Å². The molecule has 0 bridgehead atoms. The number of thioether (sulfide) groups is 1. The molecule has 0 N–H and O–H groups in total. The molecule has 0 amide bonds. The normalized spacial score (nSPS) is 11.2. The van der Waals surface area contributed by atoms with Crippen LogP contribution in [-0.2, 0) is 12.9 Å². The Kier molecular flexibility index (Phi) is 3.23. The van der Waals surface area contributed by atoms with Crippen LogP contribution in [0.3, 0.4) is 0 Å². The Labute approximate surface area is 118 Å². The molecule has 1 aromatic carbocycles. The standard InChI is InChI=1S/C12H11N3S3/c1-14-7-6-13-11(14)17-8-15-9-4-2-3-5-10(9)18-12(15)16/h2-7H,8H2,1H3. The summed E-state index contributed by atoms with van der Waals surface area (Å²) in [6.45, 7) is 0. The summed E-state index contributed by atoms with van der Waals surface area (Å²) in [6.07, 6.45) is 3.76. The van der Waals surface area contributed by atoms with Gasteiger partial charge < -0.3 is 9.13 Å². The van der Waals surface area contributed by atoms with E-state index in [2.05, 4.69) is 21.7 Å². The van der Waals surface area contributed by atoms with Gasteiger partial charge in [0.05, 0.1) is 16.1 Å². The first-order valence-corrected chi connectivity index (χ1v) is 7.65. The van der Waals surface area contributed by atoms with Crippen molar-refractivity contribution in [3.63, 3.8) is 0 Å². The number of hydrogen-bond acceptors (Lipinski definition) is 4. The molecular formula is C12H11N3S3. The molecule has 6 heteroatoms. The largest absolute Gasteiger partial charge is 0.329 e. The summed E-state index contributed by atoms with van der Waals surface area (Å²) >= 11 is 8.77. The Morgan fingerprint density at radius 1 is 1.39 bits per heavy atom. The van der Waals surface area contributed by atoms with E-state index >= 15 is 0 Å². The van der Waals surface area contributed by atoms with Crippen molar-refractivity contribution in [3.8, 4) is 0 Å². The zero-order valence-electron chi connectivity index (χ0n) is 9.74. The summed E-state index contributed by atoms with van der Waals surface area (Å²) in [5.74, 6) is 0.799. The van der Waals surface area contributed by atoms with Gasteiger partial charge in [0.25, 0.3) is 0 Å². The van der Waals surface area contributed by atoms with E-state index in [0.29, 0.717) is 0 Å². The van der Waals surface area contributed by atoms with E-state index in [-0.39, 0.29) is 0 Å². The minimum atomic E-state index is 0.799. The molecule has 18 heavy (non-hydrogen) atoms. The third-order valence-corrected chi connectivity index (χ3v) is 5.14. The van der Waals surface area contributed by atoms with Crippen LogP contribution in [0.25, 0.3) is 10.2 Å². The number of rotatable bonds is 3. The zero-order chi connectivity index (χ0) is 12.5. The number of aromatic nitrogens is 3. The van der Waals surface area contributed by atoms with Crippen LogP contribution in [0.1, 0.15) is 0 Å². The number of thiazole rings is 1.